The zero-order valence-electron chi connectivity index (χ0n) is 7.53. The van der Waals surface area contributed by atoms with Crippen LogP contribution in [0.1, 0.15) is 12.8 Å². The molecule has 0 aliphatic carbocycles. The Morgan fingerprint density at radius 1 is 1.54 bits per heavy atom. The highest BCUT2D eigenvalue weighted by molar-refractivity contribution is 5.69. The fourth-order valence-electron chi connectivity index (χ4n) is 2.34. The maximum Gasteiger partial charge on any atom is 0.149 e. The lowest BCUT2D eigenvalue weighted by molar-refractivity contribution is 0.679. The molecule has 1 atom stereocenters. The third-order valence-corrected chi connectivity index (χ3v) is 2.98. The van der Waals surface area contributed by atoms with Gasteiger partial charge in [0.05, 0.1) is 5.69 Å². The van der Waals surface area contributed by atoms with Crippen molar-refractivity contribution in [3.8, 4) is 0 Å². The Balaban J connectivity index is 2.06. The average molecular weight is 175 g/mol. The van der Waals surface area contributed by atoms with Crippen molar-refractivity contribution in [2.45, 2.75) is 18.9 Å². The van der Waals surface area contributed by atoms with Crippen LogP contribution in [0.25, 0.3) is 0 Å². The van der Waals surface area contributed by atoms with Crippen molar-refractivity contribution in [2.24, 2.45) is 0 Å². The molecule has 0 spiro atoms. The van der Waals surface area contributed by atoms with Crippen molar-refractivity contribution in [1.29, 1.82) is 0 Å². The van der Waals surface area contributed by atoms with Crippen molar-refractivity contribution in [3.63, 3.8) is 0 Å². The standard InChI is InChI=1S/C10H13N3/c1-4-9-10(11-5-1)12-7-8-3-2-6-13(8)9/h1,4-5,8H,2-3,6-7H2,(H,11,12)/t8-/m1/s1. The largest absolute Gasteiger partial charge is 0.366 e. The van der Waals surface area contributed by atoms with Crippen molar-refractivity contribution >= 4 is 11.5 Å². The van der Waals surface area contributed by atoms with Gasteiger partial charge in [0.2, 0.25) is 0 Å². The lowest BCUT2D eigenvalue weighted by atomic mass is 10.1. The molecule has 1 fully saturated rings. The molecule has 2 aliphatic rings. The maximum absolute atomic E-state index is 4.33. The van der Waals surface area contributed by atoms with Crippen LogP contribution in [0.15, 0.2) is 18.3 Å². The van der Waals surface area contributed by atoms with Gasteiger partial charge in [0.1, 0.15) is 5.82 Å². The molecule has 3 heteroatoms. The van der Waals surface area contributed by atoms with Gasteiger partial charge in [-0.2, -0.15) is 0 Å². The topological polar surface area (TPSA) is 28.2 Å². The molecule has 1 saturated heterocycles. The third-order valence-electron chi connectivity index (χ3n) is 2.98. The highest BCUT2D eigenvalue weighted by atomic mass is 15.3. The Morgan fingerprint density at radius 3 is 3.54 bits per heavy atom. The second kappa shape index (κ2) is 2.62. The molecule has 0 saturated carbocycles. The van der Waals surface area contributed by atoms with Gasteiger partial charge in [0.15, 0.2) is 0 Å². The van der Waals surface area contributed by atoms with Crippen LogP contribution in [0.2, 0.25) is 0 Å². The van der Waals surface area contributed by atoms with Crippen molar-refractivity contribution in [1.82, 2.24) is 4.98 Å². The number of anilines is 2. The molecule has 3 heterocycles. The predicted octanol–water partition coefficient (Wildman–Crippen LogP) is 1.48. The van der Waals surface area contributed by atoms with Crippen LogP contribution < -0.4 is 10.2 Å². The summed E-state index contributed by atoms with van der Waals surface area (Å²) in [6, 6.07) is 4.88. The van der Waals surface area contributed by atoms with Crippen molar-refractivity contribution in [2.75, 3.05) is 23.3 Å². The molecule has 0 unspecified atom stereocenters. The summed E-state index contributed by atoms with van der Waals surface area (Å²) >= 11 is 0. The summed E-state index contributed by atoms with van der Waals surface area (Å²) in [6.07, 6.45) is 4.49. The van der Waals surface area contributed by atoms with E-state index in [0.29, 0.717) is 6.04 Å². The summed E-state index contributed by atoms with van der Waals surface area (Å²) < 4.78 is 0. The van der Waals surface area contributed by atoms with Gasteiger partial charge in [-0.05, 0) is 25.0 Å². The molecule has 1 aromatic heterocycles. The Morgan fingerprint density at radius 2 is 2.54 bits per heavy atom. The molecule has 3 nitrogen and oxygen atoms in total. The Bertz CT molecular complexity index is 324. The average Bonchev–Trinajstić information content (AvgIpc) is 2.65. The van der Waals surface area contributed by atoms with Gasteiger partial charge in [-0.25, -0.2) is 4.98 Å². The Hall–Kier alpha value is -1.25. The van der Waals surface area contributed by atoms with Gasteiger partial charge in [-0.1, -0.05) is 0 Å². The lowest BCUT2D eigenvalue weighted by Gasteiger charge is -2.33. The van der Waals surface area contributed by atoms with E-state index in [1.54, 1.807) is 0 Å². The number of nitrogens with one attached hydrogen (secondary N) is 1. The van der Waals surface area contributed by atoms with Gasteiger partial charge in [-0.15, -0.1) is 0 Å². The van der Waals surface area contributed by atoms with E-state index < -0.39 is 0 Å². The SMILES string of the molecule is c1cnc2c(c1)N1CCC[C@@H]1CN2. The predicted molar refractivity (Wildman–Crippen MR) is 53.1 cm³/mol. The van der Waals surface area contributed by atoms with Gasteiger partial charge in [0.25, 0.3) is 0 Å². The molecule has 0 aromatic carbocycles. The zero-order valence-corrected chi connectivity index (χ0v) is 7.53. The molecule has 0 amide bonds. The fourth-order valence-corrected chi connectivity index (χ4v) is 2.34. The van der Waals surface area contributed by atoms with Crippen molar-refractivity contribution in [3.05, 3.63) is 18.3 Å². The van der Waals surface area contributed by atoms with Crippen LogP contribution >= 0.6 is 0 Å². The smallest absolute Gasteiger partial charge is 0.149 e. The molecule has 0 bridgehead atoms. The number of aromatic nitrogens is 1. The molecule has 1 N–H and O–H groups in total. The second-order valence-electron chi connectivity index (χ2n) is 3.74. The first-order valence-corrected chi connectivity index (χ1v) is 4.91. The zero-order chi connectivity index (χ0) is 8.67. The van der Waals surface area contributed by atoms with Crippen LogP contribution in [-0.4, -0.2) is 24.1 Å². The van der Waals surface area contributed by atoms with E-state index in [2.05, 4.69) is 21.3 Å². The van der Waals surface area contributed by atoms with Crippen LogP contribution in [-0.2, 0) is 0 Å². The number of nitrogens with zero attached hydrogens (tertiary/aromatic N) is 2. The molecule has 13 heavy (non-hydrogen) atoms. The number of hydrogen-bond donors (Lipinski definition) is 1. The molecule has 3 rings (SSSR count). The molecule has 0 radical (unpaired) electrons. The first-order valence-electron chi connectivity index (χ1n) is 4.91. The van der Waals surface area contributed by atoms with Crippen molar-refractivity contribution < 1.29 is 0 Å². The van der Waals surface area contributed by atoms with Crippen LogP contribution in [0, 0.1) is 0 Å². The van der Waals surface area contributed by atoms with E-state index in [1.165, 1.54) is 25.1 Å². The van der Waals surface area contributed by atoms with E-state index >= 15 is 0 Å². The lowest BCUT2D eigenvalue weighted by Crippen LogP contribution is -2.39. The van der Waals surface area contributed by atoms with Crippen LogP contribution in [0.5, 0.6) is 0 Å². The first-order chi connectivity index (χ1) is 6.45. The molecular formula is C10H13N3. The molecule has 2 aliphatic heterocycles. The summed E-state index contributed by atoms with van der Waals surface area (Å²) in [4.78, 5) is 6.81. The number of pyridine rings is 1. The second-order valence-corrected chi connectivity index (χ2v) is 3.74. The first kappa shape index (κ1) is 7.18. The summed E-state index contributed by atoms with van der Waals surface area (Å²) in [5, 5.41) is 3.38. The third kappa shape index (κ3) is 0.996. The summed E-state index contributed by atoms with van der Waals surface area (Å²) in [7, 11) is 0. The van der Waals surface area contributed by atoms with E-state index in [0.717, 1.165) is 12.4 Å². The van der Waals surface area contributed by atoms with Gasteiger partial charge >= 0.3 is 0 Å². The van der Waals surface area contributed by atoms with Crippen LogP contribution in [0.4, 0.5) is 11.5 Å². The minimum Gasteiger partial charge on any atom is -0.366 e. The summed E-state index contributed by atoms with van der Waals surface area (Å²) in [6.45, 7) is 2.26. The van der Waals surface area contributed by atoms with Gasteiger partial charge in [0, 0.05) is 25.3 Å². The Labute approximate surface area is 77.8 Å². The van der Waals surface area contributed by atoms with Gasteiger partial charge in [-0.3, -0.25) is 0 Å². The molecule has 1 aromatic rings. The van der Waals surface area contributed by atoms with E-state index in [4.69, 9.17) is 0 Å². The van der Waals surface area contributed by atoms with E-state index in [-0.39, 0.29) is 0 Å². The van der Waals surface area contributed by atoms with E-state index in [1.807, 2.05) is 12.3 Å². The van der Waals surface area contributed by atoms with E-state index in [9.17, 15) is 0 Å². The number of fused-ring (bicyclic) bond motifs is 3. The highest BCUT2D eigenvalue weighted by Crippen LogP contribution is 2.33. The normalized spacial score (nSPS) is 24.9. The number of rotatable bonds is 0. The van der Waals surface area contributed by atoms with Gasteiger partial charge < -0.3 is 10.2 Å². The maximum atomic E-state index is 4.33. The number of hydrogen-bond acceptors (Lipinski definition) is 3. The highest BCUT2D eigenvalue weighted by Gasteiger charge is 2.29. The Kier molecular flexibility index (Phi) is 1.45. The minimum atomic E-state index is 0.705. The quantitative estimate of drug-likeness (QED) is 0.647. The molecular weight excluding hydrogens is 162 g/mol. The summed E-state index contributed by atoms with van der Waals surface area (Å²) in [5.74, 6) is 1.06. The summed E-state index contributed by atoms with van der Waals surface area (Å²) in [5.41, 5.74) is 1.29. The molecule has 68 valence electrons. The fraction of sp³-hybridized carbons (Fsp3) is 0.500. The monoisotopic (exact) mass is 175 g/mol. The minimum absolute atomic E-state index is 0.705. The van der Waals surface area contributed by atoms with Crippen LogP contribution in [0.3, 0.4) is 0 Å².